The van der Waals surface area contributed by atoms with Crippen molar-refractivity contribution in [2.75, 3.05) is 0 Å². The van der Waals surface area contributed by atoms with E-state index in [0.717, 1.165) is 11.3 Å². The van der Waals surface area contributed by atoms with E-state index in [2.05, 4.69) is 9.72 Å². The summed E-state index contributed by atoms with van der Waals surface area (Å²) in [6.45, 7) is -0.886. The van der Waals surface area contributed by atoms with Crippen LogP contribution in [0.4, 0.5) is 8.78 Å². The smallest absolute Gasteiger partial charge is 0.387 e. The quantitative estimate of drug-likeness (QED) is 0.910. The zero-order valence-electron chi connectivity index (χ0n) is 11.0. The number of nitrogens with zero attached hydrogens (tertiary/aromatic N) is 1. The van der Waals surface area contributed by atoms with E-state index in [1.54, 1.807) is 18.3 Å². The van der Waals surface area contributed by atoms with E-state index in [4.69, 9.17) is 5.73 Å². The monoisotopic (exact) mass is 278 g/mol. The topological polar surface area (TPSA) is 48.1 Å². The molecule has 1 aromatic heterocycles. The van der Waals surface area contributed by atoms with Gasteiger partial charge >= 0.3 is 6.61 Å². The normalized spacial score (nSPS) is 14.1. The minimum atomic E-state index is -2.84. The van der Waals surface area contributed by atoms with Gasteiger partial charge < -0.3 is 10.5 Å². The Hall–Kier alpha value is -2.01. The third-order valence-electron chi connectivity index (χ3n) is 3.16. The molecule has 0 saturated carbocycles. The lowest BCUT2D eigenvalue weighted by molar-refractivity contribution is -0.0499. The molecule has 0 saturated heterocycles. The molecular weight excluding hydrogens is 262 g/mol. The van der Waals surface area contributed by atoms with Crippen molar-refractivity contribution in [2.45, 2.75) is 25.5 Å². The lowest BCUT2D eigenvalue weighted by Crippen LogP contribution is -2.18. The predicted molar refractivity (Wildman–Crippen MR) is 72.7 cm³/mol. The summed E-state index contributed by atoms with van der Waals surface area (Å²) >= 11 is 0. The highest BCUT2D eigenvalue weighted by atomic mass is 19.3. The SMILES string of the molecule is CC(c1ccccn1)C(N)c1cccc(OC(F)F)c1. The number of rotatable bonds is 5. The van der Waals surface area contributed by atoms with Crippen molar-refractivity contribution >= 4 is 0 Å². The molecular formula is C15H16F2N2O. The number of nitrogens with two attached hydrogens (primary N) is 1. The van der Waals surface area contributed by atoms with Gasteiger partial charge in [0.2, 0.25) is 0 Å². The summed E-state index contributed by atoms with van der Waals surface area (Å²) in [6, 6.07) is 11.7. The van der Waals surface area contributed by atoms with Gasteiger partial charge in [0.1, 0.15) is 5.75 Å². The van der Waals surface area contributed by atoms with Crippen molar-refractivity contribution in [3.8, 4) is 5.75 Å². The summed E-state index contributed by atoms with van der Waals surface area (Å²) in [7, 11) is 0. The van der Waals surface area contributed by atoms with Gasteiger partial charge in [0.05, 0.1) is 0 Å². The maximum atomic E-state index is 12.2. The van der Waals surface area contributed by atoms with E-state index in [9.17, 15) is 8.78 Å². The number of alkyl halides is 2. The zero-order valence-corrected chi connectivity index (χ0v) is 11.0. The predicted octanol–water partition coefficient (Wildman–Crippen LogP) is 3.49. The minimum absolute atomic E-state index is 0.0296. The van der Waals surface area contributed by atoms with Crippen LogP contribution >= 0.6 is 0 Å². The molecule has 0 radical (unpaired) electrons. The van der Waals surface area contributed by atoms with Gasteiger partial charge in [-0.15, -0.1) is 0 Å². The second kappa shape index (κ2) is 6.43. The Morgan fingerprint density at radius 1 is 1.15 bits per heavy atom. The third kappa shape index (κ3) is 3.51. The standard InChI is InChI=1S/C15H16F2N2O/c1-10(13-7-2-3-8-19-13)14(18)11-5-4-6-12(9-11)20-15(16)17/h2-10,14-15H,18H2,1H3. The number of hydrogen-bond acceptors (Lipinski definition) is 3. The molecule has 3 nitrogen and oxygen atoms in total. The van der Waals surface area contributed by atoms with Gasteiger partial charge in [0.25, 0.3) is 0 Å². The molecule has 0 aliphatic carbocycles. The maximum absolute atomic E-state index is 12.2. The van der Waals surface area contributed by atoms with Crippen molar-refractivity contribution in [1.82, 2.24) is 4.98 Å². The first-order chi connectivity index (χ1) is 9.58. The average Bonchev–Trinajstić information content (AvgIpc) is 2.46. The van der Waals surface area contributed by atoms with Crippen molar-refractivity contribution < 1.29 is 13.5 Å². The molecule has 2 atom stereocenters. The fourth-order valence-corrected chi connectivity index (χ4v) is 2.02. The van der Waals surface area contributed by atoms with E-state index in [1.807, 2.05) is 25.1 Å². The average molecular weight is 278 g/mol. The lowest BCUT2D eigenvalue weighted by atomic mass is 9.92. The van der Waals surface area contributed by atoms with Crippen LogP contribution in [0.1, 0.15) is 30.1 Å². The molecule has 1 heterocycles. The number of halogens is 2. The van der Waals surface area contributed by atoms with E-state index < -0.39 is 6.61 Å². The first-order valence-corrected chi connectivity index (χ1v) is 6.29. The molecule has 0 fully saturated rings. The Morgan fingerprint density at radius 3 is 2.60 bits per heavy atom. The number of benzene rings is 1. The second-order valence-corrected chi connectivity index (χ2v) is 4.52. The number of pyridine rings is 1. The Kier molecular flexibility index (Phi) is 4.63. The van der Waals surface area contributed by atoms with E-state index >= 15 is 0 Å². The Bertz CT molecular complexity index is 549. The largest absolute Gasteiger partial charge is 0.435 e. The molecule has 2 rings (SSSR count). The molecule has 0 spiro atoms. The van der Waals surface area contributed by atoms with Gasteiger partial charge in [0.15, 0.2) is 0 Å². The van der Waals surface area contributed by atoms with Gasteiger partial charge in [0, 0.05) is 23.9 Å². The fourth-order valence-electron chi connectivity index (χ4n) is 2.02. The molecule has 0 bridgehead atoms. The summed E-state index contributed by atoms with van der Waals surface area (Å²) in [5.74, 6) is 0.0826. The first kappa shape index (κ1) is 14.4. The molecule has 20 heavy (non-hydrogen) atoms. The van der Waals surface area contributed by atoms with Gasteiger partial charge in [-0.1, -0.05) is 25.1 Å². The highest BCUT2D eigenvalue weighted by Crippen LogP contribution is 2.29. The van der Waals surface area contributed by atoms with E-state index in [-0.39, 0.29) is 17.7 Å². The van der Waals surface area contributed by atoms with Crippen LogP contribution in [0.2, 0.25) is 0 Å². The molecule has 2 aromatic rings. The molecule has 5 heteroatoms. The van der Waals surface area contributed by atoms with Crippen LogP contribution < -0.4 is 10.5 Å². The van der Waals surface area contributed by atoms with Crippen LogP contribution in [0.5, 0.6) is 5.75 Å². The van der Waals surface area contributed by atoms with Crippen molar-refractivity contribution in [3.05, 3.63) is 59.9 Å². The number of ether oxygens (including phenoxy) is 1. The van der Waals surface area contributed by atoms with Crippen LogP contribution in [0.15, 0.2) is 48.7 Å². The van der Waals surface area contributed by atoms with Crippen LogP contribution in [-0.2, 0) is 0 Å². The van der Waals surface area contributed by atoms with Crippen LogP contribution in [0.3, 0.4) is 0 Å². The Morgan fingerprint density at radius 2 is 1.95 bits per heavy atom. The highest BCUT2D eigenvalue weighted by Gasteiger charge is 2.18. The summed E-state index contributed by atoms with van der Waals surface area (Å²) < 4.78 is 28.8. The minimum Gasteiger partial charge on any atom is -0.435 e. The van der Waals surface area contributed by atoms with Crippen molar-refractivity contribution in [2.24, 2.45) is 5.73 Å². The van der Waals surface area contributed by atoms with Crippen molar-refractivity contribution in [3.63, 3.8) is 0 Å². The molecule has 0 aliphatic heterocycles. The summed E-state index contributed by atoms with van der Waals surface area (Å²) in [5.41, 5.74) is 7.79. The Labute approximate surface area is 116 Å². The second-order valence-electron chi connectivity index (χ2n) is 4.52. The summed E-state index contributed by atoms with van der Waals surface area (Å²) in [6.07, 6.45) is 1.70. The molecule has 106 valence electrons. The maximum Gasteiger partial charge on any atom is 0.387 e. The first-order valence-electron chi connectivity index (χ1n) is 6.29. The third-order valence-corrected chi connectivity index (χ3v) is 3.16. The van der Waals surface area contributed by atoms with Crippen molar-refractivity contribution in [1.29, 1.82) is 0 Å². The van der Waals surface area contributed by atoms with Crippen LogP contribution in [0.25, 0.3) is 0 Å². The van der Waals surface area contributed by atoms with Crippen LogP contribution in [-0.4, -0.2) is 11.6 Å². The molecule has 1 aromatic carbocycles. The van der Waals surface area contributed by atoms with Gasteiger partial charge in [-0.25, -0.2) is 0 Å². The number of aromatic nitrogens is 1. The van der Waals surface area contributed by atoms with Crippen LogP contribution in [0, 0.1) is 0 Å². The highest BCUT2D eigenvalue weighted by molar-refractivity contribution is 5.32. The lowest BCUT2D eigenvalue weighted by Gasteiger charge is -2.20. The molecule has 2 N–H and O–H groups in total. The molecule has 0 aliphatic rings. The molecule has 2 unspecified atom stereocenters. The van der Waals surface area contributed by atoms with Gasteiger partial charge in [-0.05, 0) is 29.8 Å². The molecule has 0 amide bonds. The Balaban J connectivity index is 2.18. The van der Waals surface area contributed by atoms with Gasteiger partial charge in [-0.2, -0.15) is 8.78 Å². The van der Waals surface area contributed by atoms with E-state index in [0.29, 0.717) is 0 Å². The number of hydrogen-bond donors (Lipinski definition) is 1. The summed E-state index contributed by atoms with van der Waals surface area (Å²) in [5, 5.41) is 0. The zero-order chi connectivity index (χ0) is 14.5. The fraction of sp³-hybridized carbons (Fsp3) is 0.267. The van der Waals surface area contributed by atoms with Gasteiger partial charge in [-0.3, -0.25) is 4.98 Å². The van der Waals surface area contributed by atoms with E-state index in [1.165, 1.54) is 12.1 Å². The summed E-state index contributed by atoms with van der Waals surface area (Å²) in [4.78, 5) is 4.26.